The highest BCUT2D eigenvalue weighted by Crippen LogP contribution is 2.20. The summed E-state index contributed by atoms with van der Waals surface area (Å²) >= 11 is 1.83. The van der Waals surface area contributed by atoms with Gasteiger partial charge in [-0.1, -0.05) is 12.1 Å². The molecule has 0 aliphatic carbocycles. The van der Waals surface area contributed by atoms with Gasteiger partial charge in [0.25, 0.3) is 11.8 Å². The fraction of sp³-hybridized carbons (Fsp3) is 0.385. The molecule has 3 N–H and O–H groups in total. The van der Waals surface area contributed by atoms with E-state index in [-0.39, 0.29) is 18.6 Å². The number of amides is 2. The van der Waals surface area contributed by atoms with E-state index >= 15 is 0 Å². The van der Waals surface area contributed by atoms with Gasteiger partial charge in [0.1, 0.15) is 5.75 Å². The summed E-state index contributed by atoms with van der Waals surface area (Å²) < 4.78 is 5.24. The van der Waals surface area contributed by atoms with Crippen molar-refractivity contribution in [3.8, 4) is 5.75 Å². The Morgan fingerprint density at radius 1 is 1.42 bits per heavy atom. The normalized spacial score (nSPS) is 18.0. The van der Waals surface area contributed by atoms with Gasteiger partial charge in [0, 0.05) is 11.8 Å². The van der Waals surface area contributed by atoms with Gasteiger partial charge in [-0.15, -0.1) is 0 Å². The zero-order chi connectivity index (χ0) is 13.7. The smallest absolute Gasteiger partial charge is 0.255 e. The number of carbonyl (C=O) groups is 2. The summed E-state index contributed by atoms with van der Waals surface area (Å²) in [5.41, 5.74) is 5.46. The third-order valence-corrected chi connectivity index (χ3v) is 3.93. The molecule has 1 aromatic carbocycles. The van der Waals surface area contributed by atoms with Crippen LogP contribution in [0.5, 0.6) is 5.75 Å². The number of ether oxygens (including phenoxy) is 1. The molecule has 0 spiro atoms. The highest BCUT2D eigenvalue weighted by Gasteiger charge is 2.20. The molecule has 1 aliphatic rings. The molecule has 1 aromatic rings. The molecule has 0 aromatic heterocycles. The van der Waals surface area contributed by atoms with Crippen LogP contribution < -0.4 is 15.8 Å². The Labute approximate surface area is 115 Å². The summed E-state index contributed by atoms with van der Waals surface area (Å²) in [5.74, 6) is 1.65. The predicted octanol–water partition coefficient (Wildman–Crippen LogP) is 0.786. The molecule has 6 heteroatoms. The van der Waals surface area contributed by atoms with Crippen LogP contribution >= 0.6 is 11.8 Å². The van der Waals surface area contributed by atoms with Crippen molar-refractivity contribution in [2.75, 3.05) is 18.1 Å². The van der Waals surface area contributed by atoms with E-state index in [1.165, 1.54) is 0 Å². The standard InChI is InChI=1S/C13H16N2O3S/c14-12(16)7-18-11-4-2-1-3-10(11)13(17)15-9-5-6-19-8-9/h1-4,9H,5-8H2,(H2,14,16)(H,15,17). The van der Waals surface area contributed by atoms with Gasteiger partial charge in [0.15, 0.2) is 6.61 Å². The second kappa shape index (κ2) is 6.47. The first-order chi connectivity index (χ1) is 9.16. The van der Waals surface area contributed by atoms with E-state index in [9.17, 15) is 9.59 Å². The molecule has 0 bridgehead atoms. The number of nitrogens with two attached hydrogens (primary N) is 1. The Hall–Kier alpha value is -1.69. The van der Waals surface area contributed by atoms with Crippen molar-refractivity contribution in [1.82, 2.24) is 5.32 Å². The van der Waals surface area contributed by atoms with Crippen LogP contribution in [0.3, 0.4) is 0 Å². The van der Waals surface area contributed by atoms with E-state index in [1.54, 1.807) is 24.3 Å². The Morgan fingerprint density at radius 3 is 2.89 bits per heavy atom. The summed E-state index contributed by atoms with van der Waals surface area (Å²) in [6.07, 6.45) is 0.987. The van der Waals surface area contributed by atoms with E-state index in [1.807, 2.05) is 11.8 Å². The first-order valence-corrected chi connectivity index (χ1v) is 7.21. The van der Waals surface area contributed by atoms with Crippen molar-refractivity contribution in [3.05, 3.63) is 29.8 Å². The topological polar surface area (TPSA) is 81.4 Å². The summed E-state index contributed by atoms with van der Waals surface area (Å²) in [6, 6.07) is 7.05. The zero-order valence-corrected chi connectivity index (χ0v) is 11.2. The fourth-order valence-corrected chi connectivity index (χ4v) is 2.99. The van der Waals surface area contributed by atoms with Gasteiger partial charge < -0.3 is 15.8 Å². The van der Waals surface area contributed by atoms with E-state index in [2.05, 4.69) is 5.32 Å². The third kappa shape index (κ3) is 3.89. The molecule has 1 aliphatic heterocycles. The molecule has 102 valence electrons. The van der Waals surface area contributed by atoms with Crippen LogP contribution in [-0.4, -0.2) is 36.0 Å². The average Bonchev–Trinajstić information content (AvgIpc) is 2.89. The summed E-state index contributed by atoms with van der Waals surface area (Å²) in [6.45, 7) is -0.233. The molecular weight excluding hydrogens is 264 g/mol. The van der Waals surface area contributed by atoms with Crippen LogP contribution in [0.1, 0.15) is 16.8 Å². The Balaban J connectivity index is 2.04. The summed E-state index contributed by atoms with van der Waals surface area (Å²) in [4.78, 5) is 22.9. The minimum atomic E-state index is -0.567. The largest absolute Gasteiger partial charge is 0.483 e. The molecule has 5 nitrogen and oxygen atoms in total. The Morgan fingerprint density at radius 2 is 2.21 bits per heavy atom. The lowest BCUT2D eigenvalue weighted by atomic mass is 10.1. The molecule has 2 rings (SSSR count). The number of thioether (sulfide) groups is 1. The highest BCUT2D eigenvalue weighted by molar-refractivity contribution is 7.99. The molecule has 19 heavy (non-hydrogen) atoms. The lowest BCUT2D eigenvalue weighted by Crippen LogP contribution is -2.35. The molecule has 1 atom stereocenters. The Bertz CT molecular complexity index is 473. The number of carbonyl (C=O) groups excluding carboxylic acids is 2. The van der Waals surface area contributed by atoms with Crippen LogP contribution in [0.25, 0.3) is 0 Å². The molecule has 0 radical (unpaired) electrons. The van der Waals surface area contributed by atoms with Gasteiger partial charge in [0.2, 0.25) is 0 Å². The fourth-order valence-electron chi connectivity index (χ4n) is 1.84. The molecule has 0 saturated carbocycles. The van der Waals surface area contributed by atoms with E-state index < -0.39 is 5.91 Å². The minimum Gasteiger partial charge on any atom is -0.483 e. The second-order valence-electron chi connectivity index (χ2n) is 4.29. The number of hydrogen-bond acceptors (Lipinski definition) is 4. The van der Waals surface area contributed by atoms with Crippen LogP contribution in [0, 0.1) is 0 Å². The van der Waals surface area contributed by atoms with Gasteiger partial charge in [0.05, 0.1) is 5.56 Å². The highest BCUT2D eigenvalue weighted by atomic mass is 32.2. The predicted molar refractivity (Wildman–Crippen MR) is 74.3 cm³/mol. The molecule has 2 amide bonds. The van der Waals surface area contributed by atoms with E-state index in [0.29, 0.717) is 11.3 Å². The van der Waals surface area contributed by atoms with Crippen molar-refractivity contribution >= 4 is 23.6 Å². The maximum Gasteiger partial charge on any atom is 0.255 e. The van der Waals surface area contributed by atoms with Gasteiger partial charge in [-0.3, -0.25) is 9.59 Å². The van der Waals surface area contributed by atoms with Crippen LogP contribution in [0.2, 0.25) is 0 Å². The van der Waals surface area contributed by atoms with Crippen molar-refractivity contribution in [2.45, 2.75) is 12.5 Å². The summed E-state index contributed by atoms with van der Waals surface area (Å²) in [5, 5.41) is 2.97. The molecule has 1 unspecified atom stereocenters. The second-order valence-corrected chi connectivity index (χ2v) is 5.43. The minimum absolute atomic E-state index is 0.174. The van der Waals surface area contributed by atoms with Gasteiger partial charge in [-0.25, -0.2) is 0 Å². The number of nitrogens with one attached hydrogen (secondary N) is 1. The number of rotatable bonds is 5. The monoisotopic (exact) mass is 280 g/mol. The van der Waals surface area contributed by atoms with E-state index in [0.717, 1.165) is 17.9 Å². The van der Waals surface area contributed by atoms with E-state index in [4.69, 9.17) is 10.5 Å². The van der Waals surface area contributed by atoms with Gasteiger partial charge >= 0.3 is 0 Å². The third-order valence-electron chi connectivity index (χ3n) is 2.77. The molecule has 1 fully saturated rings. The van der Waals surface area contributed by atoms with Gasteiger partial charge in [-0.2, -0.15) is 11.8 Å². The quantitative estimate of drug-likeness (QED) is 0.835. The Kier molecular flexibility index (Phi) is 4.68. The van der Waals surface area contributed by atoms with Crippen LogP contribution in [0.15, 0.2) is 24.3 Å². The maximum absolute atomic E-state index is 12.1. The average molecular weight is 280 g/mol. The SMILES string of the molecule is NC(=O)COc1ccccc1C(=O)NC1CCSC1. The molecule has 1 saturated heterocycles. The first kappa shape index (κ1) is 13.7. The number of para-hydroxylation sites is 1. The number of primary amides is 1. The number of benzene rings is 1. The van der Waals surface area contributed by atoms with Gasteiger partial charge in [-0.05, 0) is 24.3 Å². The van der Waals surface area contributed by atoms with Crippen molar-refractivity contribution in [3.63, 3.8) is 0 Å². The van der Waals surface area contributed by atoms with Crippen molar-refractivity contribution in [2.24, 2.45) is 5.73 Å². The van der Waals surface area contributed by atoms with Crippen molar-refractivity contribution < 1.29 is 14.3 Å². The van der Waals surface area contributed by atoms with Crippen LogP contribution in [-0.2, 0) is 4.79 Å². The molecule has 1 heterocycles. The lowest BCUT2D eigenvalue weighted by Gasteiger charge is -2.14. The summed E-state index contributed by atoms with van der Waals surface area (Å²) in [7, 11) is 0. The number of hydrogen-bond donors (Lipinski definition) is 2. The van der Waals surface area contributed by atoms with Crippen LogP contribution in [0.4, 0.5) is 0 Å². The lowest BCUT2D eigenvalue weighted by molar-refractivity contribution is -0.119. The zero-order valence-electron chi connectivity index (χ0n) is 10.4. The first-order valence-electron chi connectivity index (χ1n) is 6.05. The van der Waals surface area contributed by atoms with Crippen molar-refractivity contribution in [1.29, 1.82) is 0 Å². The maximum atomic E-state index is 12.1. The molecular formula is C13H16N2O3S.